The van der Waals surface area contributed by atoms with Crippen molar-refractivity contribution in [2.24, 2.45) is 0 Å². The van der Waals surface area contributed by atoms with Gasteiger partial charge < -0.3 is 4.55 Å². The highest BCUT2D eigenvalue weighted by atomic mass is 35.5. The first-order chi connectivity index (χ1) is 8.09. The largest absolute Gasteiger partial charge is 0.755 e. The minimum atomic E-state index is -2.46. The number of halogens is 2. The summed E-state index contributed by atoms with van der Waals surface area (Å²) < 4.78 is 24.5. The topological polar surface area (TPSA) is 43.4 Å². The Morgan fingerprint density at radius 2 is 1.88 bits per heavy atom. The number of nitrogens with zero attached hydrogens (tertiary/aromatic N) is 1. The Balaban J connectivity index is 2.50. The van der Waals surface area contributed by atoms with Crippen LogP contribution in [0.4, 0.5) is 11.4 Å². The number of hydrogen-bond donors (Lipinski definition) is 0. The van der Waals surface area contributed by atoms with Gasteiger partial charge in [0.25, 0.3) is 0 Å². The van der Waals surface area contributed by atoms with E-state index < -0.39 is 11.3 Å². The van der Waals surface area contributed by atoms with Gasteiger partial charge in [-0.15, -0.1) is 11.3 Å². The summed E-state index contributed by atoms with van der Waals surface area (Å²) in [6.07, 6.45) is 0. The number of rotatable bonds is 3. The van der Waals surface area contributed by atoms with Crippen molar-refractivity contribution in [3.05, 3.63) is 45.1 Å². The molecule has 1 heterocycles. The van der Waals surface area contributed by atoms with Gasteiger partial charge in [0.1, 0.15) is 4.34 Å². The van der Waals surface area contributed by atoms with Crippen molar-refractivity contribution < 1.29 is 8.76 Å². The minimum Gasteiger partial charge on any atom is -0.755 e. The van der Waals surface area contributed by atoms with Gasteiger partial charge in [0, 0.05) is 0 Å². The molecular formula is C10H6Cl2NO2S2-. The lowest BCUT2D eigenvalue weighted by molar-refractivity contribution is 0.537. The summed E-state index contributed by atoms with van der Waals surface area (Å²) in [4.78, 5) is 0. The maximum atomic E-state index is 11.3. The van der Waals surface area contributed by atoms with Crippen LogP contribution in [0.1, 0.15) is 0 Å². The summed E-state index contributed by atoms with van der Waals surface area (Å²) in [5, 5.41) is 0. The fraction of sp³-hybridized carbons (Fsp3) is 0. The first-order valence-corrected chi connectivity index (χ1v) is 7.09. The second-order valence-electron chi connectivity index (χ2n) is 3.06. The second-order valence-corrected chi connectivity index (χ2v) is 6.14. The standard InChI is InChI=1S/C10H7Cl2NO2S2/c11-9-6-8(10(12)16-9)13(17(14)15)7-4-2-1-3-5-7/h1-6H,(H,14,15)/p-1. The van der Waals surface area contributed by atoms with E-state index in [4.69, 9.17) is 23.2 Å². The molecule has 1 atom stereocenters. The van der Waals surface area contributed by atoms with Crippen LogP contribution in [0.5, 0.6) is 0 Å². The Labute approximate surface area is 115 Å². The zero-order chi connectivity index (χ0) is 12.4. The van der Waals surface area contributed by atoms with Crippen LogP contribution in [0.25, 0.3) is 0 Å². The van der Waals surface area contributed by atoms with Gasteiger partial charge in [-0.1, -0.05) is 41.4 Å². The average molecular weight is 307 g/mol. The summed E-state index contributed by atoms with van der Waals surface area (Å²) in [5.41, 5.74) is 0.874. The maximum absolute atomic E-state index is 11.3. The molecule has 90 valence electrons. The van der Waals surface area contributed by atoms with Gasteiger partial charge in [-0.25, -0.2) is 0 Å². The van der Waals surface area contributed by atoms with Crippen molar-refractivity contribution in [2.45, 2.75) is 0 Å². The van der Waals surface area contributed by atoms with Crippen molar-refractivity contribution in [3.63, 3.8) is 0 Å². The number of anilines is 2. The highest BCUT2D eigenvalue weighted by molar-refractivity contribution is 7.81. The molecule has 0 fully saturated rings. The van der Waals surface area contributed by atoms with Crippen LogP contribution < -0.4 is 4.31 Å². The monoisotopic (exact) mass is 306 g/mol. The van der Waals surface area contributed by atoms with E-state index in [2.05, 4.69) is 0 Å². The predicted octanol–water partition coefficient (Wildman–Crippen LogP) is 3.99. The lowest BCUT2D eigenvalue weighted by Gasteiger charge is -2.25. The summed E-state index contributed by atoms with van der Waals surface area (Å²) in [5.74, 6) is 0. The fourth-order valence-corrected chi connectivity index (χ4v) is 3.48. The number of thiophene rings is 1. The van der Waals surface area contributed by atoms with Gasteiger partial charge >= 0.3 is 0 Å². The summed E-state index contributed by atoms with van der Waals surface area (Å²) in [6.45, 7) is 0. The Morgan fingerprint density at radius 3 is 2.35 bits per heavy atom. The third-order valence-corrected chi connectivity index (χ3v) is 4.17. The summed E-state index contributed by atoms with van der Waals surface area (Å²) in [7, 11) is 0. The Hall–Kier alpha value is -0.590. The molecule has 7 heteroatoms. The molecule has 0 aliphatic carbocycles. The third-order valence-electron chi connectivity index (χ3n) is 2.00. The molecule has 0 radical (unpaired) electrons. The van der Waals surface area contributed by atoms with E-state index in [1.54, 1.807) is 30.3 Å². The second kappa shape index (κ2) is 5.37. The van der Waals surface area contributed by atoms with Crippen LogP contribution in [0, 0.1) is 0 Å². The smallest absolute Gasteiger partial charge is 0.119 e. The maximum Gasteiger partial charge on any atom is 0.119 e. The van der Waals surface area contributed by atoms with Crippen LogP contribution in [0.15, 0.2) is 36.4 Å². The van der Waals surface area contributed by atoms with Crippen LogP contribution >= 0.6 is 34.5 Å². The molecule has 0 saturated heterocycles. The molecule has 0 saturated carbocycles. The van der Waals surface area contributed by atoms with E-state index in [-0.39, 0.29) is 0 Å². The molecular weight excluding hydrogens is 301 g/mol. The van der Waals surface area contributed by atoms with Crippen molar-refractivity contribution in [1.29, 1.82) is 0 Å². The van der Waals surface area contributed by atoms with Crippen LogP contribution in [-0.2, 0) is 11.3 Å². The number of benzene rings is 1. The Morgan fingerprint density at radius 1 is 1.24 bits per heavy atom. The van der Waals surface area contributed by atoms with Gasteiger partial charge in [0.05, 0.1) is 27.0 Å². The molecule has 0 aliphatic rings. The molecule has 1 aromatic carbocycles. The summed E-state index contributed by atoms with van der Waals surface area (Å²) in [6, 6.07) is 10.2. The molecule has 1 aromatic heterocycles. The van der Waals surface area contributed by atoms with Gasteiger partial charge in [-0.05, 0) is 18.2 Å². The summed E-state index contributed by atoms with van der Waals surface area (Å²) >= 11 is 10.4. The number of para-hydroxylation sites is 1. The zero-order valence-corrected chi connectivity index (χ0v) is 11.4. The molecule has 0 spiro atoms. The van der Waals surface area contributed by atoms with E-state index in [9.17, 15) is 8.76 Å². The van der Waals surface area contributed by atoms with E-state index in [0.29, 0.717) is 20.0 Å². The zero-order valence-electron chi connectivity index (χ0n) is 8.30. The fourth-order valence-electron chi connectivity index (χ4n) is 1.34. The van der Waals surface area contributed by atoms with Crippen LogP contribution in [-0.4, -0.2) is 8.76 Å². The molecule has 0 amide bonds. The van der Waals surface area contributed by atoms with E-state index in [1.165, 1.54) is 6.07 Å². The highest BCUT2D eigenvalue weighted by Crippen LogP contribution is 2.41. The molecule has 0 bridgehead atoms. The molecule has 3 nitrogen and oxygen atoms in total. The van der Waals surface area contributed by atoms with Crippen molar-refractivity contribution in [3.8, 4) is 0 Å². The lowest BCUT2D eigenvalue weighted by Crippen LogP contribution is -2.18. The lowest BCUT2D eigenvalue weighted by atomic mass is 10.3. The molecule has 0 aliphatic heterocycles. The van der Waals surface area contributed by atoms with Crippen molar-refractivity contribution in [2.75, 3.05) is 4.31 Å². The minimum absolute atomic E-state index is 0.336. The van der Waals surface area contributed by atoms with E-state index in [1.807, 2.05) is 0 Å². The van der Waals surface area contributed by atoms with Crippen molar-refractivity contribution >= 4 is 57.2 Å². The first kappa shape index (κ1) is 12.9. The average Bonchev–Trinajstić information content (AvgIpc) is 2.59. The van der Waals surface area contributed by atoms with E-state index >= 15 is 0 Å². The first-order valence-electron chi connectivity index (χ1n) is 4.49. The number of hydrogen-bond acceptors (Lipinski definition) is 3. The third kappa shape index (κ3) is 2.81. The quantitative estimate of drug-likeness (QED) is 0.805. The van der Waals surface area contributed by atoms with E-state index in [0.717, 1.165) is 15.6 Å². The highest BCUT2D eigenvalue weighted by Gasteiger charge is 2.16. The normalized spacial score (nSPS) is 12.4. The van der Waals surface area contributed by atoms with Crippen molar-refractivity contribution in [1.82, 2.24) is 0 Å². The molecule has 2 aromatic rings. The van der Waals surface area contributed by atoms with Gasteiger partial charge in [0.2, 0.25) is 0 Å². The molecule has 1 unspecified atom stereocenters. The van der Waals surface area contributed by atoms with Gasteiger partial charge in [-0.2, -0.15) is 0 Å². The molecule has 0 N–H and O–H groups in total. The Kier molecular flexibility index (Phi) is 4.06. The molecule has 17 heavy (non-hydrogen) atoms. The van der Waals surface area contributed by atoms with Gasteiger partial charge in [-0.3, -0.25) is 8.51 Å². The van der Waals surface area contributed by atoms with Crippen LogP contribution in [0.2, 0.25) is 8.67 Å². The molecule has 2 rings (SSSR count). The predicted molar refractivity (Wildman–Crippen MR) is 71.8 cm³/mol. The Bertz CT molecular complexity index is 544. The SMILES string of the molecule is O=S([O-])N(c1ccccc1)c1cc(Cl)sc1Cl. The van der Waals surface area contributed by atoms with Crippen LogP contribution in [0.3, 0.4) is 0 Å². The van der Waals surface area contributed by atoms with Gasteiger partial charge in [0.15, 0.2) is 0 Å².